The van der Waals surface area contributed by atoms with E-state index in [1.807, 2.05) is 0 Å². The zero-order chi connectivity index (χ0) is 15.9. The molecule has 1 fully saturated rings. The number of rotatable bonds is 7. The van der Waals surface area contributed by atoms with Crippen molar-refractivity contribution < 1.29 is 14.7 Å². The summed E-state index contributed by atoms with van der Waals surface area (Å²) in [7, 11) is 1.69. The maximum Gasteiger partial charge on any atom is 0.320 e. The predicted octanol–water partition coefficient (Wildman–Crippen LogP) is 1.21. The zero-order valence-corrected chi connectivity index (χ0v) is 13.2. The highest BCUT2D eigenvalue weighted by molar-refractivity contribution is 7.99. The first-order valence-electron chi connectivity index (χ1n) is 7.17. The minimum atomic E-state index is -1.02. The van der Waals surface area contributed by atoms with Gasteiger partial charge in [-0.15, -0.1) is 0 Å². The third kappa shape index (κ3) is 4.90. The fourth-order valence-corrected chi connectivity index (χ4v) is 3.42. The van der Waals surface area contributed by atoms with Crippen molar-refractivity contribution in [3.05, 3.63) is 0 Å². The summed E-state index contributed by atoms with van der Waals surface area (Å²) >= 11 is 1.36. The van der Waals surface area contributed by atoms with E-state index in [1.165, 1.54) is 11.8 Å². The summed E-state index contributed by atoms with van der Waals surface area (Å²) in [6.07, 6.45) is 4.88. The number of nitriles is 1. The normalized spacial score (nSPS) is 18.5. The Morgan fingerprint density at radius 2 is 2.05 bits per heavy atom. The molecule has 0 bridgehead atoms. The molecular weight excluding hydrogens is 290 g/mol. The van der Waals surface area contributed by atoms with E-state index in [2.05, 4.69) is 6.07 Å². The second-order valence-electron chi connectivity index (χ2n) is 5.44. The first-order chi connectivity index (χ1) is 9.93. The number of aliphatic carboxylic acids is 1. The number of amides is 1. The molecule has 0 aromatic heterocycles. The first-order valence-corrected chi connectivity index (χ1v) is 8.32. The smallest absolute Gasteiger partial charge is 0.320 e. The van der Waals surface area contributed by atoms with E-state index in [1.54, 1.807) is 11.9 Å². The van der Waals surface area contributed by atoms with Crippen molar-refractivity contribution in [3.63, 3.8) is 0 Å². The summed E-state index contributed by atoms with van der Waals surface area (Å²) in [5.74, 6) is -0.323. The number of carboxylic acids is 1. The number of thioether (sulfide) groups is 1. The van der Waals surface area contributed by atoms with Gasteiger partial charge in [-0.3, -0.25) is 9.59 Å². The summed E-state index contributed by atoms with van der Waals surface area (Å²) < 4.78 is 0. The van der Waals surface area contributed by atoms with Gasteiger partial charge < -0.3 is 15.7 Å². The van der Waals surface area contributed by atoms with Gasteiger partial charge in [0.25, 0.3) is 0 Å². The number of nitrogens with zero attached hydrogens (tertiary/aromatic N) is 2. The molecule has 0 aromatic rings. The van der Waals surface area contributed by atoms with Gasteiger partial charge in [-0.1, -0.05) is 19.3 Å². The highest BCUT2D eigenvalue weighted by atomic mass is 32.2. The van der Waals surface area contributed by atoms with Crippen LogP contribution in [0.2, 0.25) is 0 Å². The summed E-state index contributed by atoms with van der Waals surface area (Å²) in [6.45, 7) is 0. The van der Waals surface area contributed by atoms with Crippen molar-refractivity contribution in [3.8, 4) is 6.07 Å². The van der Waals surface area contributed by atoms with Gasteiger partial charge in [0.1, 0.15) is 11.6 Å². The van der Waals surface area contributed by atoms with Gasteiger partial charge in [0.05, 0.1) is 11.8 Å². The lowest BCUT2D eigenvalue weighted by molar-refractivity contribution is -0.138. The van der Waals surface area contributed by atoms with Gasteiger partial charge in [0, 0.05) is 7.05 Å². The van der Waals surface area contributed by atoms with Crippen molar-refractivity contribution in [1.29, 1.82) is 5.26 Å². The highest BCUT2D eigenvalue weighted by Gasteiger charge is 2.38. The van der Waals surface area contributed by atoms with E-state index in [0.29, 0.717) is 12.2 Å². The van der Waals surface area contributed by atoms with E-state index in [0.717, 1.165) is 32.1 Å². The van der Waals surface area contributed by atoms with Crippen molar-refractivity contribution in [1.82, 2.24) is 4.90 Å². The van der Waals surface area contributed by atoms with Crippen LogP contribution in [0.25, 0.3) is 0 Å². The molecule has 1 amide bonds. The molecule has 0 radical (unpaired) electrons. The Kier molecular flexibility index (Phi) is 6.99. The van der Waals surface area contributed by atoms with Gasteiger partial charge in [-0.25, -0.2) is 0 Å². The van der Waals surface area contributed by atoms with E-state index in [-0.39, 0.29) is 11.7 Å². The summed E-state index contributed by atoms with van der Waals surface area (Å²) in [4.78, 5) is 24.3. The zero-order valence-electron chi connectivity index (χ0n) is 12.4. The topological polar surface area (TPSA) is 107 Å². The molecule has 0 saturated heterocycles. The third-order valence-electron chi connectivity index (χ3n) is 4.02. The van der Waals surface area contributed by atoms with Crippen LogP contribution in [0.3, 0.4) is 0 Å². The Labute approximate surface area is 129 Å². The van der Waals surface area contributed by atoms with Crippen molar-refractivity contribution in [2.24, 2.45) is 5.73 Å². The van der Waals surface area contributed by atoms with E-state index in [4.69, 9.17) is 10.8 Å². The van der Waals surface area contributed by atoms with Crippen LogP contribution >= 0.6 is 11.8 Å². The Morgan fingerprint density at radius 1 is 1.43 bits per heavy atom. The molecule has 1 saturated carbocycles. The van der Waals surface area contributed by atoms with Crippen LogP contribution in [0.4, 0.5) is 0 Å². The molecule has 1 rings (SSSR count). The fourth-order valence-electron chi connectivity index (χ4n) is 2.49. The highest BCUT2D eigenvalue weighted by Crippen LogP contribution is 2.32. The molecule has 0 heterocycles. The molecule has 0 aromatic carbocycles. The maximum absolute atomic E-state index is 12.2. The average Bonchev–Trinajstić information content (AvgIpc) is 2.50. The summed E-state index contributed by atoms with van der Waals surface area (Å²) in [5, 5.41) is 18.1. The van der Waals surface area contributed by atoms with Crippen LogP contribution in [0.5, 0.6) is 0 Å². The number of hydrogen-bond acceptors (Lipinski definition) is 5. The molecule has 118 valence electrons. The van der Waals surface area contributed by atoms with Crippen molar-refractivity contribution in [2.45, 2.75) is 50.1 Å². The molecule has 1 aliphatic rings. The third-order valence-corrected chi connectivity index (χ3v) is 5.00. The van der Waals surface area contributed by atoms with Crippen LogP contribution in [-0.2, 0) is 9.59 Å². The number of carbonyl (C=O) groups excluding carboxylic acids is 1. The molecule has 6 nitrogen and oxygen atoms in total. The minimum Gasteiger partial charge on any atom is -0.480 e. The molecule has 1 aliphatic carbocycles. The number of carboxylic acid groups (broad SMARTS) is 1. The lowest BCUT2D eigenvalue weighted by Gasteiger charge is -2.39. The average molecular weight is 313 g/mol. The SMILES string of the molecule is CN(C(=O)CSCCC(N)C(=O)O)C1(C#N)CCCCC1. The summed E-state index contributed by atoms with van der Waals surface area (Å²) in [5.41, 5.74) is 4.74. The first kappa shape index (κ1) is 17.8. The van der Waals surface area contributed by atoms with Gasteiger partial charge in [-0.2, -0.15) is 17.0 Å². The van der Waals surface area contributed by atoms with Crippen LogP contribution in [0, 0.1) is 11.3 Å². The van der Waals surface area contributed by atoms with Crippen LogP contribution in [0.1, 0.15) is 38.5 Å². The fraction of sp³-hybridized carbons (Fsp3) is 0.786. The van der Waals surface area contributed by atoms with Gasteiger partial charge in [0.2, 0.25) is 5.91 Å². The monoisotopic (exact) mass is 313 g/mol. The maximum atomic E-state index is 12.2. The molecule has 0 aliphatic heterocycles. The van der Waals surface area contributed by atoms with E-state index >= 15 is 0 Å². The number of carbonyl (C=O) groups is 2. The lowest BCUT2D eigenvalue weighted by Crippen LogP contribution is -2.50. The Morgan fingerprint density at radius 3 is 2.57 bits per heavy atom. The van der Waals surface area contributed by atoms with Crippen LogP contribution in [-0.4, -0.2) is 52.0 Å². The molecule has 1 atom stereocenters. The van der Waals surface area contributed by atoms with Crippen LogP contribution in [0.15, 0.2) is 0 Å². The molecule has 1 unspecified atom stereocenters. The quantitative estimate of drug-likeness (QED) is 0.684. The lowest BCUT2D eigenvalue weighted by atomic mass is 9.81. The van der Waals surface area contributed by atoms with Gasteiger partial charge in [-0.05, 0) is 25.0 Å². The van der Waals surface area contributed by atoms with E-state index in [9.17, 15) is 14.9 Å². The molecule has 21 heavy (non-hydrogen) atoms. The second kappa shape index (κ2) is 8.25. The van der Waals surface area contributed by atoms with Crippen LogP contribution < -0.4 is 5.73 Å². The predicted molar refractivity (Wildman–Crippen MR) is 81.8 cm³/mol. The largest absolute Gasteiger partial charge is 0.480 e. The molecule has 0 spiro atoms. The molecular formula is C14H23N3O3S. The Bertz CT molecular complexity index is 416. The molecule has 7 heteroatoms. The second-order valence-corrected chi connectivity index (χ2v) is 6.55. The van der Waals surface area contributed by atoms with Gasteiger partial charge in [0.15, 0.2) is 0 Å². The Hall–Kier alpha value is -1.26. The standard InChI is InChI=1S/C14H23N3O3S/c1-17(14(10-15)6-3-2-4-7-14)12(18)9-21-8-5-11(16)13(19)20/h11H,2-9,16H2,1H3,(H,19,20). The van der Waals surface area contributed by atoms with E-state index < -0.39 is 17.6 Å². The van der Waals surface area contributed by atoms with Crippen molar-refractivity contribution in [2.75, 3.05) is 18.6 Å². The summed E-state index contributed by atoms with van der Waals surface area (Å²) in [6, 6.07) is 1.44. The number of hydrogen-bond donors (Lipinski definition) is 2. The van der Waals surface area contributed by atoms with Gasteiger partial charge >= 0.3 is 5.97 Å². The minimum absolute atomic E-state index is 0.0765. The molecule has 3 N–H and O–H groups in total. The van der Waals surface area contributed by atoms with Crippen molar-refractivity contribution >= 4 is 23.6 Å². The Balaban J connectivity index is 2.40. The number of nitrogens with two attached hydrogens (primary N) is 1.